The topological polar surface area (TPSA) is 102 Å². The van der Waals surface area contributed by atoms with E-state index in [4.69, 9.17) is 5.73 Å². The van der Waals surface area contributed by atoms with E-state index in [1.165, 1.54) is 0 Å². The van der Waals surface area contributed by atoms with Gasteiger partial charge >= 0.3 is 0 Å². The summed E-state index contributed by atoms with van der Waals surface area (Å²) < 4.78 is 1.68. The zero-order valence-electron chi connectivity index (χ0n) is 12.5. The molecule has 1 atom stereocenters. The molecule has 0 fully saturated rings. The number of fused-ring (bicyclic) bond motifs is 1. The highest BCUT2D eigenvalue weighted by Crippen LogP contribution is 2.25. The van der Waals surface area contributed by atoms with E-state index >= 15 is 0 Å². The van der Waals surface area contributed by atoms with E-state index in [1.54, 1.807) is 4.68 Å². The number of carbonyl (C=O) groups is 1. The second-order valence-electron chi connectivity index (χ2n) is 5.19. The molecule has 0 radical (unpaired) electrons. The number of benzene rings is 1. The summed E-state index contributed by atoms with van der Waals surface area (Å²) in [6, 6.07) is 9.49. The Labute approximate surface area is 127 Å². The van der Waals surface area contributed by atoms with Crippen molar-refractivity contribution in [1.29, 1.82) is 0 Å². The van der Waals surface area contributed by atoms with Crippen LogP contribution in [0.1, 0.15) is 17.2 Å². The summed E-state index contributed by atoms with van der Waals surface area (Å²) in [5.41, 5.74) is 8.18. The molecule has 0 aliphatic rings. The summed E-state index contributed by atoms with van der Waals surface area (Å²) >= 11 is 0. The molecular formula is C15H18N6O. The van der Waals surface area contributed by atoms with Gasteiger partial charge in [0.2, 0.25) is 5.91 Å². The van der Waals surface area contributed by atoms with Crippen LogP contribution in [-0.4, -0.2) is 32.4 Å². The average Bonchev–Trinajstić information content (AvgIpc) is 3.04. The molecule has 0 saturated heterocycles. The lowest BCUT2D eigenvalue weighted by Crippen LogP contribution is -2.27. The number of carbonyl (C=O) groups excluding carboxylic acids is 1. The standard InChI is InChI=1S/C15H18N6O/c1-9-12-13(18-19-14(12)21(2)20-9)17-15(22)11(8-16)10-6-4-3-5-7-10/h3-7,11H,8,16H2,1-2H3,(H2,17,18,19,22). The molecule has 3 aromatic rings. The van der Waals surface area contributed by atoms with Crippen molar-refractivity contribution >= 4 is 22.8 Å². The molecule has 22 heavy (non-hydrogen) atoms. The van der Waals surface area contributed by atoms with E-state index < -0.39 is 5.92 Å². The van der Waals surface area contributed by atoms with Gasteiger partial charge in [-0.25, -0.2) is 4.68 Å². The largest absolute Gasteiger partial charge is 0.329 e. The van der Waals surface area contributed by atoms with Gasteiger partial charge in [0, 0.05) is 13.6 Å². The summed E-state index contributed by atoms with van der Waals surface area (Å²) in [5.74, 6) is -0.0148. The lowest BCUT2D eigenvalue weighted by atomic mass is 9.98. The number of rotatable bonds is 4. The Kier molecular flexibility index (Phi) is 3.64. The summed E-state index contributed by atoms with van der Waals surface area (Å²) in [6.45, 7) is 2.12. The van der Waals surface area contributed by atoms with E-state index in [0.29, 0.717) is 11.5 Å². The summed E-state index contributed by atoms with van der Waals surface area (Å²) in [4.78, 5) is 12.5. The molecule has 0 saturated carbocycles. The average molecular weight is 298 g/mol. The molecule has 7 heteroatoms. The predicted molar refractivity (Wildman–Crippen MR) is 84.5 cm³/mol. The van der Waals surface area contributed by atoms with Crippen LogP contribution in [0, 0.1) is 6.92 Å². The SMILES string of the molecule is Cc1nn(C)c2n[nH]c(NC(=O)C(CN)c3ccccc3)c12. The van der Waals surface area contributed by atoms with Gasteiger partial charge in [0.15, 0.2) is 5.65 Å². The minimum atomic E-state index is -0.406. The monoisotopic (exact) mass is 298 g/mol. The molecule has 1 aromatic carbocycles. The molecule has 7 nitrogen and oxygen atoms in total. The van der Waals surface area contributed by atoms with Crippen LogP contribution in [-0.2, 0) is 11.8 Å². The number of aromatic nitrogens is 4. The van der Waals surface area contributed by atoms with E-state index in [0.717, 1.165) is 16.6 Å². The van der Waals surface area contributed by atoms with E-state index in [1.807, 2.05) is 44.3 Å². The van der Waals surface area contributed by atoms with Crippen molar-refractivity contribution in [2.24, 2.45) is 12.8 Å². The maximum atomic E-state index is 12.5. The number of amides is 1. The fourth-order valence-corrected chi connectivity index (χ4v) is 2.61. The number of anilines is 1. The molecule has 1 unspecified atom stereocenters. The van der Waals surface area contributed by atoms with Crippen molar-refractivity contribution in [3.05, 3.63) is 41.6 Å². The Balaban J connectivity index is 1.89. The normalized spacial score (nSPS) is 12.5. The molecule has 3 rings (SSSR count). The molecule has 0 spiro atoms. The van der Waals surface area contributed by atoms with Crippen LogP contribution in [0.15, 0.2) is 30.3 Å². The van der Waals surface area contributed by atoms with Gasteiger partial charge in [-0.15, -0.1) is 0 Å². The van der Waals surface area contributed by atoms with Gasteiger partial charge in [0.1, 0.15) is 5.82 Å². The van der Waals surface area contributed by atoms with Crippen LogP contribution < -0.4 is 11.1 Å². The molecule has 2 heterocycles. The fraction of sp³-hybridized carbons (Fsp3) is 0.267. The van der Waals surface area contributed by atoms with E-state index in [2.05, 4.69) is 20.6 Å². The van der Waals surface area contributed by atoms with Crippen LogP contribution in [0.2, 0.25) is 0 Å². The molecule has 1 amide bonds. The zero-order valence-corrected chi connectivity index (χ0v) is 12.5. The van der Waals surface area contributed by atoms with Crippen LogP contribution in [0.5, 0.6) is 0 Å². The van der Waals surface area contributed by atoms with Gasteiger partial charge in [-0.1, -0.05) is 30.3 Å². The Hall–Kier alpha value is -2.67. The molecule has 2 aromatic heterocycles. The quantitative estimate of drug-likeness (QED) is 0.675. The summed E-state index contributed by atoms with van der Waals surface area (Å²) in [6.07, 6.45) is 0. The molecule has 0 bridgehead atoms. The minimum absolute atomic E-state index is 0.164. The third-order valence-electron chi connectivity index (χ3n) is 3.72. The fourth-order valence-electron chi connectivity index (χ4n) is 2.61. The number of H-pyrrole nitrogens is 1. The number of nitrogens with zero attached hydrogens (tertiary/aromatic N) is 3. The molecule has 0 aliphatic heterocycles. The lowest BCUT2D eigenvalue weighted by Gasteiger charge is -2.14. The van der Waals surface area contributed by atoms with Gasteiger partial charge in [-0.3, -0.25) is 9.89 Å². The van der Waals surface area contributed by atoms with E-state index in [9.17, 15) is 4.79 Å². The van der Waals surface area contributed by atoms with Gasteiger partial charge < -0.3 is 11.1 Å². The number of nitrogens with one attached hydrogen (secondary N) is 2. The van der Waals surface area contributed by atoms with Gasteiger partial charge in [0.05, 0.1) is 17.0 Å². The van der Waals surface area contributed by atoms with Crippen LogP contribution >= 0.6 is 0 Å². The maximum absolute atomic E-state index is 12.5. The molecule has 0 aliphatic carbocycles. The molecule has 4 N–H and O–H groups in total. The predicted octanol–water partition coefficient (Wildman–Crippen LogP) is 1.29. The highest BCUT2D eigenvalue weighted by atomic mass is 16.2. The van der Waals surface area contributed by atoms with Gasteiger partial charge in [0.25, 0.3) is 0 Å². The second-order valence-corrected chi connectivity index (χ2v) is 5.19. The summed E-state index contributed by atoms with van der Waals surface area (Å²) in [7, 11) is 1.81. The van der Waals surface area contributed by atoms with Crippen molar-refractivity contribution in [2.75, 3.05) is 11.9 Å². The minimum Gasteiger partial charge on any atom is -0.329 e. The maximum Gasteiger partial charge on any atom is 0.234 e. The van der Waals surface area contributed by atoms with E-state index in [-0.39, 0.29) is 12.5 Å². The third kappa shape index (κ3) is 2.35. The number of hydrogen-bond donors (Lipinski definition) is 3. The Morgan fingerprint density at radius 1 is 1.41 bits per heavy atom. The Bertz CT molecular complexity index is 804. The van der Waals surface area contributed by atoms with Crippen LogP contribution in [0.3, 0.4) is 0 Å². The number of nitrogens with two attached hydrogens (primary N) is 1. The molecular weight excluding hydrogens is 280 g/mol. The number of aryl methyl sites for hydroxylation is 2. The smallest absolute Gasteiger partial charge is 0.234 e. The zero-order chi connectivity index (χ0) is 15.7. The molecule has 114 valence electrons. The second kappa shape index (κ2) is 5.61. The van der Waals surface area contributed by atoms with Crippen molar-refractivity contribution in [1.82, 2.24) is 20.0 Å². The van der Waals surface area contributed by atoms with Crippen molar-refractivity contribution in [2.45, 2.75) is 12.8 Å². The first kappa shape index (κ1) is 14.3. The first-order chi connectivity index (χ1) is 10.6. The van der Waals surface area contributed by atoms with Crippen molar-refractivity contribution in [3.63, 3.8) is 0 Å². The first-order valence-electron chi connectivity index (χ1n) is 7.05. The van der Waals surface area contributed by atoms with Crippen LogP contribution in [0.25, 0.3) is 11.0 Å². The Morgan fingerprint density at radius 3 is 2.82 bits per heavy atom. The lowest BCUT2D eigenvalue weighted by molar-refractivity contribution is -0.117. The Morgan fingerprint density at radius 2 is 2.14 bits per heavy atom. The number of aromatic amines is 1. The third-order valence-corrected chi connectivity index (χ3v) is 3.72. The van der Waals surface area contributed by atoms with Gasteiger partial charge in [-0.2, -0.15) is 10.2 Å². The van der Waals surface area contributed by atoms with Gasteiger partial charge in [-0.05, 0) is 12.5 Å². The highest BCUT2D eigenvalue weighted by Gasteiger charge is 2.22. The first-order valence-corrected chi connectivity index (χ1v) is 7.05. The number of hydrogen-bond acceptors (Lipinski definition) is 4. The highest BCUT2D eigenvalue weighted by molar-refractivity contribution is 6.02. The summed E-state index contributed by atoms with van der Waals surface area (Å²) in [5, 5.41) is 15.0. The van der Waals surface area contributed by atoms with Crippen molar-refractivity contribution < 1.29 is 4.79 Å². The van der Waals surface area contributed by atoms with Crippen molar-refractivity contribution in [3.8, 4) is 0 Å². The van der Waals surface area contributed by atoms with Crippen LogP contribution in [0.4, 0.5) is 5.82 Å².